The number of carbonyl (C=O) groups excluding carboxylic acids is 2. The Morgan fingerprint density at radius 3 is 2.71 bits per heavy atom. The fraction of sp³-hybridized carbons (Fsp3) is 0.381. The summed E-state index contributed by atoms with van der Waals surface area (Å²) in [7, 11) is 0. The summed E-state index contributed by atoms with van der Waals surface area (Å²) < 4.78 is 13.8. The van der Waals surface area contributed by atoms with Gasteiger partial charge in [0.2, 0.25) is 5.91 Å². The normalized spacial score (nSPS) is 17.1. The van der Waals surface area contributed by atoms with Crippen molar-refractivity contribution in [2.75, 3.05) is 25.4 Å². The molecule has 2 heterocycles. The Morgan fingerprint density at radius 2 is 2.04 bits per heavy atom. The van der Waals surface area contributed by atoms with E-state index in [0.29, 0.717) is 42.7 Å². The van der Waals surface area contributed by atoms with Crippen molar-refractivity contribution in [3.05, 3.63) is 47.9 Å². The third-order valence-corrected chi connectivity index (χ3v) is 5.10. The van der Waals surface area contributed by atoms with Crippen molar-refractivity contribution in [1.82, 2.24) is 14.8 Å². The summed E-state index contributed by atoms with van der Waals surface area (Å²) in [5.41, 5.74) is 7.11. The van der Waals surface area contributed by atoms with E-state index in [2.05, 4.69) is 4.98 Å². The van der Waals surface area contributed by atoms with E-state index in [1.54, 1.807) is 34.1 Å². The zero-order valence-electron chi connectivity index (χ0n) is 16.2. The number of amides is 2. The average Bonchev–Trinajstić information content (AvgIpc) is 2.71. The smallest absolute Gasteiger partial charge is 0.254 e. The maximum atomic E-state index is 13.8. The summed E-state index contributed by atoms with van der Waals surface area (Å²) >= 11 is 0. The molecule has 1 atom stereocenters. The fourth-order valence-electron chi connectivity index (χ4n) is 3.55. The molecule has 2 amide bonds. The highest BCUT2D eigenvalue weighted by Crippen LogP contribution is 2.24. The molecule has 6 nitrogen and oxygen atoms in total. The number of nitrogen functional groups attached to an aromatic ring is 1. The Balaban J connectivity index is 1.89. The van der Waals surface area contributed by atoms with Crippen LogP contribution in [0.4, 0.5) is 10.2 Å². The lowest BCUT2D eigenvalue weighted by atomic mass is 10.0. The Kier molecular flexibility index (Phi) is 5.92. The molecule has 0 unspecified atom stereocenters. The molecule has 3 rings (SSSR count). The summed E-state index contributed by atoms with van der Waals surface area (Å²) in [6, 6.07) is 7.81. The first-order valence-corrected chi connectivity index (χ1v) is 9.57. The molecule has 0 saturated carbocycles. The van der Waals surface area contributed by atoms with Crippen LogP contribution in [-0.4, -0.2) is 52.3 Å². The van der Waals surface area contributed by atoms with Crippen molar-refractivity contribution < 1.29 is 14.0 Å². The Morgan fingerprint density at radius 1 is 1.25 bits per heavy atom. The topological polar surface area (TPSA) is 79.5 Å². The first kappa shape index (κ1) is 19.8. The van der Waals surface area contributed by atoms with Crippen molar-refractivity contribution in [1.29, 1.82) is 0 Å². The number of carbonyl (C=O) groups is 2. The zero-order chi connectivity index (χ0) is 20.3. The van der Waals surface area contributed by atoms with Gasteiger partial charge in [0.1, 0.15) is 6.04 Å². The van der Waals surface area contributed by atoms with Crippen LogP contribution in [0.15, 0.2) is 36.5 Å². The number of halogens is 1. The number of nitrogens with two attached hydrogens (primary N) is 1. The van der Waals surface area contributed by atoms with Gasteiger partial charge < -0.3 is 15.5 Å². The van der Waals surface area contributed by atoms with E-state index in [-0.39, 0.29) is 17.6 Å². The monoisotopic (exact) mass is 384 g/mol. The minimum absolute atomic E-state index is 0.00455. The van der Waals surface area contributed by atoms with Gasteiger partial charge in [0.15, 0.2) is 11.6 Å². The number of anilines is 1. The highest BCUT2D eigenvalue weighted by Gasteiger charge is 2.36. The molecule has 1 saturated heterocycles. The van der Waals surface area contributed by atoms with E-state index in [9.17, 15) is 14.0 Å². The largest absolute Gasteiger partial charge is 0.381 e. The number of piperazine rings is 1. The molecule has 0 spiro atoms. The van der Waals surface area contributed by atoms with Crippen LogP contribution in [0.25, 0.3) is 11.1 Å². The first-order valence-electron chi connectivity index (χ1n) is 9.57. The van der Waals surface area contributed by atoms with Gasteiger partial charge in [-0.05, 0) is 37.1 Å². The number of pyridine rings is 1. The highest BCUT2D eigenvalue weighted by molar-refractivity contribution is 5.99. The van der Waals surface area contributed by atoms with Gasteiger partial charge in [-0.3, -0.25) is 9.59 Å². The third kappa shape index (κ3) is 3.83. The molecule has 0 aliphatic carbocycles. The Hall–Kier alpha value is -2.96. The lowest BCUT2D eigenvalue weighted by molar-refractivity contribution is -0.140. The summed E-state index contributed by atoms with van der Waals surface area (Å²) in [5, 5.41) is 0. The molecular formula is C21H25FN4O2. The van der Waals surface area contributed by atoms with Gasteiger partial charge >= 0.3 is 0 Å². The van der Waals surface area contributed by atoms with Crippen molar-refractivity contribution >= 4 is 17.6 Å². The second kappa shape index (κ2) is 8.37. The van der Waals surface area contributed by atoms with Crippen LogP contribution in [-0.2, 0) is 4.79 Å². The highest BCUT2D eigenvalue weighted by atomic mass is 19.1. The van der Waals surface area contributed by atoms with Crippen molar-refractivity contribution in [3.63, 3.8) is 0 Å². The lowest BCUT2D eigenvalue weighted by Crippen LogP contribution is -2.58. The number of hydrogen-bond donors (Lipinski definition) is 1. The number of nitrogens with zero attached hydrogens (tertiary/aromatic N) is 3. The van der Waals surface area contributed by atoms with Crippen LogP contribution in [0.1, 0.15) is 37.0 Å². The fourth-order valence-corrected chi connectivity index (χ4v) is 3.55. The first-order chi connectivity index (χ1) is 13.5. The number of likely N-dealkylation sites (N-methyl/N-ethyl adjacent to an activating group) is 1. The van der Waals surface area contributed by atoms with Crippen LogP contribution in [0.2, 0.25) is 0 Å². The number of aromatic nitrogens is 1. The summed E-state index contributed by atoms with van der Waals surface area (Å²) in [5.74, 6) is -0.942. The third-order valence-electron chi connectivity index (χ3n) is 5.10. The van der Waals surface area contributed by atoms with Crippen LogP contribution >= 0.6 is 0 Å². The zero-order valence-corrected chi connectivity index (χ0v) is 16.2. The van der Waals surface area contributed by atoms with E-state index in [1.165, 1.54) is 12.3 Å². The molecule has 7 heteroatoms. The number of rotatable bonds is 5. The Bertz CT molecular complexity index is 886. The molecular weight excluding hydrogens is 359 g/mol. The second-order valence-electron chi connectivity index (χ2n) is 6.89. The molecule has 28 heavy (non-hydrogen) atoms. The maximum Gasteiger partial charge on any atom is 0.254 e. The van der Waals surface area contributed by atoms with Crippen LogP contribution in [0.3, 0.4) is 0 Å². The Labute approximate surface area is 164 Å². The quantitative estimate of drug-likeness (QED) is 0.860. The summed E-state index contributed by atoms with van der Waals surface area (Å²) in [6.45, 7) is 5.64. The molecule has 2 aromatic rings. The average molecular weight is 384 g/mol. The predicted molar refractivity (Wildman–Crippen MR) is 106 cm³/mol. The van der Waals surface area contributed by atoms with E-state index in [0.717, 1.165) is 6.42 Å². The van der Waals surface area contributed by atoms with Gasteiger partial charge in [0.05, 0.1) is 0 Å². The van der Waals surface area contributed by atoms with E-state index in [4.69, 9.17) is 5.73 Å². The van der Waals surface area contributed by atoms with Gasteiger partial charge in [0.25, 0.3) is 5.91 Å². The van der Waals surface area contributed by atoms with Gasteiger partial charge in [-0.2, -0.15) is 0 Å². The van der Waals surface area contributed by atoms with Crippen LogP contribution < -0.4 is 5.73 Å². The summed E-state index contributed by atoms with van der Waals surface area (Å²) in [4.78, 5) is 33.2. The maximum absolute atomic E-state index is 13.8. The summed E-state index contributed by atoms with van der Waals surface area (Å²) in [6.07, 6.45) is 2.92. The van der Waals surface area contributed by atoms with E-state index in [1.807, 2.05) is 13.8 Å². The minimum atomic E-state index is -0.599. The molecule has 1 aliphatic heterocycles. The van der Waals surface area contributed by atoms with Gasteiger partial charge in [-0.25, -0.2) is 9.37 Å². The van der Waals surface area contributed by atoms with Gasteiger partial charge in [-0.1, -0.05) is 25.5 Å². The standard InChI is InChI=1S/C21H25FN4O2/c1-3-6-18-21(28)25(4-2)9-10-26(18)20(27)15-8-5-7-14(11-15)16-12-17(22)19(23)24-13-16/h5,7-8,11-13,18H,3-4,6,9-10H2,1-2H3,(H2,23,24)/t18-/m1/s1. The molecule has 0 radical (unpaired) electrons. The number of benzene rings is 1. The molecule has 1 aromatic heterocycles. The van der Waals surface area contributed by atoms with Crippen LogP contribution in [0.5, 0.6) is 0 Å². The molecule has 148 valence electrons. The minimum Gasteiger partial charge on any atom is -0.381 e. The molecule has 1 aliphatic rings. The molecule has 0 bridgehead atoms. The van der Waals surface area contributed by atoms with Gasteiger partial charge in [0, 0.05) is 37.0 Å². The molecule has 2 N–H and O–H groups in total. The van der Waals surface area contributed by atoms with Crippen molar-refractivity contribution in [2.24, 2.45) is 0 Å². The second-order valence-corrected chi connectivity index (χ2v) is 6.89. The predicted octanol–water partition coefficient (Wildman–Crippen LogP) is 2.94. The number of hydrogen-bond acceptors (Lipinski definition) is 4. The lowest BCUT2D eigenvalue weighted by Gasteiger charge is -2.40. The van der Waals surface area contributed by atoms with Crippen molar-refractivity contribution in [2.45, 2.75) is 32.7 Å². The van der Waals surface area contributed by atoms with Gasteiger partial charge in [-0.15, -0.1) is 0 Å². The molecule has 1 fully saturated rings. The van der Waals surface area contributed by atoms with Crippen molar-refractivity contribution in [3.8, 4) is 11.1 Å². The molecule has 1 aromatic carbocycles. The van der Waals surface area contributed by atoms with Crippen LogP contribution in [0, 0.1) is 5.82 Å². The SMILES string of the molecule is CCC[C@@H]1C(=O)N(CC)CCN1C(=O)c1cccc(-c2cnc(N)c(F)c2)c1. The van der Waals surface area contributed by atoms with E-state index >= 15 is 0 Å². The van der Waals surface area contributed by atoms with E-state index < -0.39 is 11.9 Å².